The molecule has 0 saturated carbocycles. The Morgan fingerprint density at radius 1 is 1.08 bits per heavy atom. The molecule has 0 fully saturated rings. The van der Waals surface area contributed by atoms with Crippen LogP contribution in [0.15, 0.2) is 42.5 Å². The second-order valence-electron chi connectivity index (χ2n) is 5.02. The molecule has 7 nitrogen and oxygen atoms in total. The van der Waals surface area contributed by atoms with Gasteiger partial charge in [0, 0.05) is 12.1 Å². The van der Waals surface area contributed by atoms with E-state index in [0.717, 1.165) is 30.4 Å². The summed E-state index contributed by atoms with van der Waals surface area (Å²) < 4.78 is 9.72. The highest BCUT2D eigenvalue weighted by Crippen LogP contribution is 2.19. The molecule has 0 atom stereocenters. The molecule has 0 spiro atoms. The van der Waals surface area contributed by atoms with Gasteiger partial charge in [0.05, 0.1) is 23.2 Å². The highest BCUT2D eigenvalue weighted by Gasteiger charge is 2.19. The van der Waals surface area contributed by atoms with Crippen molar-refractivity contribution in [3.63, 3.8) is 0 Å². The van der Waals surface area contributed by atoms with Gasteiger partial charge in [-0.25, -0.2) is 9.59 Å². The Balaban J connectivity index is 2.25. The first-order valence-corrected chi connectivity index (χ1v) is 7.02. The molecule has 2 aromatic carbocycles. The Morgan fingerprint density at radius 2 is 1.71 bits per heavy atom. The smallest absolute Gasteiger partial charge is 0.338 e. The van der Waals surface area contributed by atoms with E-state index in [2.05, 4.69) is 4.74 Å². The second-order valence-corrected chi connectivity index (χ2v) is 5.02. The van der Waals surface area contributed by atoms with E-state index in [9.17, 15) is 19.7 Å². The van der Waals surface area contributed by atoms with Crippen molar-refractivity contribution >= 4 is 17.6 Å². The quantitative estimate of drug-likeness (QED) is 0.475. The van der Waals surface area contributed by atoms with Crippen molar-refractivity contribution in [3.05, 3.63) is 74.8 Å². The van der Waals surface area contributed by atoms with Crippen molar-refractivity contribution in [3.8, 4) is 0 Å². The molecule has 0 radical (unpaired) electrons. The minimum Gasteiger partial charge on any atom is -0.465 e. The molecular weight excluding hydrogens is 314 g/mol. The number of carbonyl (C=O) groups excluding carboxylic acids is 2. The van der Waals surface area contributed by atoms with Gasteiger partial charge in [-0.05, 0) is 24.1 Å². The molecule has 0 N–H and O–H groups in total. The van der Waals surface area contributed by atoms with Crippen molar-refractivity contribution in [2.24, 2.45) is 0 Å². The predicted octanol–water partition coefficient (Wildman–Crippen LogP) is 3.05. The molecule has 0 aliphatic rings. The van der Waals surface area contributed by atoms with Crippen LogP contribution in [-0.2, 0) is 16.1 Å². The van der Waals surface area contributed by atoms with E-state index < -0.39 is 16.9 Å². The Hall–Kier alpha value is -3.22. The summed E-state index contributed by atoms with van der Waals surface area (Å²) in [4.78, 5) is 34.0. The number of methoxy groups -OCH3 is 1. The summed E-state index contributed by atoms with van der Waals surface area (Å²) in [5, 5.41) is 11.0. The first-order valence-electron chi connectivity index (χ1n) is 7.02. The van der Waals surface area contributed by atoms with Gasteiger partial charge in [-0.1, -0.05) is 24.3 Å². The van der Waals surface area contributed by atoms with Crippen molar-refractivity contribution in [2.45, 2.75) is 13.5 Å². The van der Waals surface area contributed by atoms with Crippen LogP contribution in [0, 0.1) is 17.0 Å². The summed E-state index contributed by atoms with van der Waals surface area (Å²) in [7, 11) is 1.15. The lowest BCUT2D eigenvalue weighted by Crippen LogP contribution is -2.09. The highest BCUT2D eigenvalue weighted by molar-refractivity contribution is 5.96. The summed E-state index contributed by atoms with van der Waals surface area (Å²) in [5.74, 6) is -1.53. The van der Waals surface area contributed by atoms with Gasteiger partial charge in [0.25, 0.3) is 5.69 Å². The average molecular weight is 329 g/mol. The number of ether oxygens (including phenoxy) is 2. The van der Waals surface area contributed by atoms with Crippen LogP contribution in [0.2, 0.25) is 0 Å². The largest absolute Gasteiger partial charge is 0.465 e. The van der Waals surface area contributed by atoms with Crippen LogP contribution >= 0.6 is 0 Å². The third-order valence-corrected chi connectivity index (χ3v) is 3.41. The number of nitro benzene ring substituents is 1. The molecule has 7 heteroatoms. The number of nitrogens with zero attached hydrogens (tertiary/aromatic N) is 1. The van der Waals surface area contributed by atoms with E-state index in [0.29, 0.717) is 0 Å². The van der Waals surface area contributed by atoms with Gasteiger partial charge >= 0.3 is 11.9 Å². The van der Waals surface area contributed by atoms with Crippen molar-refractivity contribution in [1.29, 1.82) is 0 Å². The van der Waals surface area contributed by atoms with Gasteiger partial charge in [-0.3, -0.25) is 10.1 Å². The Bertz CT molecular complexity index is 799. The average Bonchev–Trinajstić information content (AvgIpc) is 2.59. The zero-order valence-corrected chi connectivity index (χ0v) is 13.1. The standard InChI is InChI=1S/C17H15NO6/c1-11-5-3-4-6-12(11)10-24-17(20)14-7-13(16(19)23-2)8-15(9-14)18(21)22/h3-9H,10H2,1-2H3. The summed E-state index contributed by atoms with van der Waals surface area (Å²) in [6.07, 6.45) is 0. The maximum atomic E-state index is 12.2. The third-order valence-electron chi connectivity index (χ3n) is 3.41. The van der Waals surface area contributed by atoms with E-state index in [1.54, 1.807) is 0 Å². The molecule has 0 saturated heterocycles. The molecule has 2 aromatic rings. The van der Waals surface area contributed by atoms with Crippen LogP contribution < -0.4 is 0 Å². The zero-order chi connectivity index (χ0) is 17.7. The van der Waals surface area contributed by atoms with Crippen molar-refractivity contribution < 1.29 is 24.0 Å². The number of non-ortho nitro benzene ring substituents is 1. The van der Waals surface area contributed by atoms with Gasteiger partial charge in [-0.15, -0.1) is 0 Å². The fraction of sp³-hybridized carbons (Fsp3) is 0.176. The van der Waals surface area contributed by atoms with Crippen molar-refractivity contribution in [1.82, 2.24) is 0 Å². The van der Waals surface area contributed by atoms with E-state index in [4.69, 9.17) is 4.74 Å². The molecule has 0 aliphatic heterocycles. The lowest BCUT2D eigenvalue weighted by atomic mass is 10.1. The minimum absolute atomic E-state index is 0.0295. The number of hydrogen-bond acceptors (Lipinski definition) is 6. The van der Waals surface area contributed by atoms with Crippen LogP contribution in [0.1, 0.15) is 31.8 Å². The zero-order valence-electron chi connectivity index (χ0n) is 13.1. The van der Waals surface area contributed by atoms with Crippen molar-refractivity contribution in [2.75, 3.05) is 7.11 Å². The predicted molar refractivity (Wildman–Crippen MR) is 84.7 cm³/mol. The summed E-state index contributed by atoms with van der Waals surface area (Å²) >= 11 is 0. The van der Waals surface area contributed by atoms with Crippen LogP contribution in [0.4, 0.5) is 5.69 Å². The SMILES string of the molecule is COC(=O)c1cc(C(=O)OCc2ccccc2C)cc([N+](=O)[O-])c1. The molecule has 124 valence electrons. The Kier molecular flexibility index (Phi) is 5.26. The topological polar surface area (TPSA) is 95.7 Å². The first kappa shape index (κ1) is 17.1. The van der Waals surface area contributed by atoms with E-state index in [1.165, 1.54) is 6.07 Å². The van der Waals surface area contributed by atoms with Crippen LogP contribution in [-0.4, -0.2) is 24.0 Å². The molecular formula is C17H15NO6. The maximum Gasteiger partial charge on any atom is 0.338 e. The fourth-order valence-electron chi connectivity index (χ4n) is 2.07. The van der Waals surface area contributed by atoms with Gasteiger partial charge in [0.15, 0.2) is 0 Å². The van der Waals surface area contributed by atoms with E-state index in [1.807, 2.05) is 31.2 Å². The number of rotatable bonds is 5. The monoisotopic (exact) mass is 329 g/mol. The number of carbonyl (C=O) groups is 2. The highest BCUT2D eigenvalue weighted by atomic mass is 16.6. The Morgan fingerprint density at radius 3 is 2.29 bits per heavy atom. The van der Waals surface area contributed by atoms with Crippen LogP contribution in [0.3, 0.4) is 0 Å². The van der Waals surface area contributed by atoms with Gasteiger partial charge in [0.1, 0.15) is 6.61 Å². The number of nitro groups is 1. The first-order chi connectivity index (χ1) is 11.4. The minimum atomic E-state index is -0.772. The molecule has 2 rings (SSSR count). The molecule has 0 unspecified atom stereocenters. The van der Waals surface area contributed by atoms with Crippen LogP contribution in [0.25, 0.3) is 0 Å². The summed E-state index contributed by atoms with van der Waals surface area (Å²) in [6.45, 7) is 1.91. The molecule has 0 amide bonds. The van der Waals surface area contributed by atoms with E-state index >= 15 is 0 Å². The molecule has 0 heterocycles. The summed E-state index contributed by atoms with van der Waals surface area (Å²) in [6, 6.07) is 10.7. The number of hydrogen-bond donors (Lipinski definition) is 0. The van der Waals surface area contributed by atoms with Crippen LogP contribution in [0.5, 0.6) is 0 Å². The fourth-order valence-corrected chi connectivity index (χ4v) is 2.07. The number of benzene rings is 2. The Labute approximate surface area is 138 Å². The number of esters is 2. The molecule has 24 heavy (non-hydrogen) atoms. The van der Waals surface area contributed by atoms with Gasteiger partial charge in [-0.2, -0.15) is 0 Å². The molecule has 0 aliphatic carbocycles. The van der Waals surface area contributed by atoms with Gasteiger partial charge in [0.2, 0.25) is 0 Å². The van der Waals surface area contributed by atoms with Gasteiger partial charge < -0.3 is 9.47 Å². The maximum absolute atomic E-state index is 12.2. The molecule has 0 aromatic heterocycles. The normalized spacial score (nSPS) is 10.1. The lowest BCUT2D eigenvalue weighted by Gasteiger charge is -2.08. The third kappa shape index (κ3) is 3.95. The summed E-state index contributed by atoms with van der Waals surface area (Å²) in [5.41, 5.74) is 1.22. The molecule has 0 bridgehead atoms. The lowest BCUT2D eigenvalue weighted by molar-refractivity contribution is -0.384. The van der Waals surface area contributed by atoms with E-state index in [-0.39, 0.29) is 23.4 Å². The second kappa shape index (κ2) is 7.36. The number of aryl methyl sites for hydroxylation is 1.